The zero-order valence-corrected chi connectivity index (χ0v) is 19.3. The molecule has 0 unspecified atom stereocenters. The lowest BCUT2D eigenvalue weighted by atomic mass is 9.92. The van der Waals surface area contributed by atoms with Crippen LogP contribution in [-0.2, 0) is 9.59 Å². The Balaban J connectivity index is 1.51. The molecule has 0 saturated carbocycles. The van der Waals surface area contributed by atoms with Gasteiger partial charge in [-0.2, -0.15) is 0 Å². The third-order valence-electron chi connectivity index (χ3n) is 5.49. The van der Waals surface area contributed by atoms with Gasteiger partial charge in [0.2, 0.25) is 5.91 Å². The van der Waals surface area contributed by atoms with E-state index in [0.29, 0.717) is 47.3 Å². The summed E-state index contributed by atoms with van der Waals surface area (Å²) in [5.74, 6) is -1.52. The molecule has 1 aliphatic rings. The van der Waals surface area contributed by atoms with Crippen molar-refractivity contribution in [3.8, 4) is 5.75 Å². The van der Waals surface area contributed by atoms with Gasteiger partial charge >= 0.3 is 11.9 Å². The van der Waals surface area contributed by atoms with E-state index in [1.807, 2.05) is 4.90 Å². The molecule has 1 aliphatic heterocycles. The third kappa shape index (κ3) is 6.07. The number of anilines is 1. The lowest BCUT2D eigenvalue weighted by molar-refractivity contribution is -0.146. The van der Waals surface area contributed by atoms with Gasteiger partial charge in [-0.3, -0.25) is 15.0 Å². The fourth-order valence-electron chi connectivity index (χ4n) is 3.23. The average molecular weight is 474 g/mol. The zero-order valence-electron chi connectivity index (χ0n) is 18.5. The molecule has 0 aliphatic carbocycles. The minimum Gasteiger partial charge on any atom is -0.481 e. The van der Waals surface area contributed by atoms with E-state index >= 15 is 0 Å². The van der Waals surface area contributed by atoms with Crippen LogP contribution in [0, 0.1) is 16.7 Å². The summed E-state index contributed by atoms with van der Waals surface area (Å²) in [4.78, 5) is 42.8. The minimum atomic E-state index is -1.02. The summed E-state index contributed by atoms with van der Waals surface area (Å²) in [5.41, 5.74) is 4.94. The molecule has 11 heteroatoms. The molecule has 2 aromatic rings. The summed E-state index contributed by atoms with van der Waals surface area (Å²) < 4.78 is 5.36. The van der Waals surface area contributed by atoms with Crippen LogP contribution in [-0.4, -0.2) is 53.4 Å². The number of carbonyl (C=O) groups is 3. The van der Waals surface area contributed by atoms with E-state index < -0.39 is 17.4 Å². The van der Waals surface area contributed by atoms with Gasteiger partial charge in [0, 0.05) is 31.1 Å². The number of benzene rings is 1. The molecular formula is C22H27N5O5S. The Labute approximate surface area is 195 Å². The van der Waals surface area contributed by atoms with Crippen LogP contribution in [0.15, 0.2) is 30.5 Å². The maximum absolute atomic E-state index is 12.4. The first-order valence-corrected chi connectivity index (χ1v) is 11.3. The summed E-state index contributed by atoms with van der Waals surface area (Å²) in [6.45, 7) is 4.44. The highest BCUT2D eigenvalue weighted by molar-refractivity contribution is 7.17. The molecule has 0 radical (unpaired) electrons. The van der Waals surface area contributed by atoms with Crippen molar-refractivity contribution < 1.29 is 24.2 Å². The quantitative estimate of drug-likeness (QED) is 0.196. The van der Waals surface area contributed by atoms with Crippen molar-refractivity contribution in [1.82, 2.24) is 10.3 Å². The number of nitrogens with zero attached hydrogens (tertiary/aromatic N) is 2. The lowest BCUT2D eigenvalue weighted by Crippen LogP contribution is -2.44. The number of esters is 1. The molecule has 1 saturated heterocycles. The number of aromatic nitrogens is 1. The molecule has 2 heterocycles. The summed E-state index contributed by atoms with van der Waals surface area (Å²) in [6.07, 6.45) is 2.70. The predicted molar refractivity (Wildman–Crippen MR) is 124 cm³/mol. The van der Waals surface area contributed by atoms with Gasteiger partial charge in [0.15, 0.2) is 5.13 Å². The molecule has 1 aromatic heterocycles. The lowest BCUT2D eigenvalue weighted by Gasteiger charge is -2.31. The molecule has 10 nitrogen and oxygen atoms in total. The monoisotopic (exact) mass is 473 g/mol. The van der Waals surface area contributed by atoms with Crippen LogP contribution in [0.3, 0.4) is 0 Å². The van der Waals surface area contributed by atoms with Crippen LogP contribution >= 0.6 is 11.3 Å². The first-order valence-electron chi connectivity index (χ1n) is 10.5. The predicted octanol–water partition coefficient (Wildman–Crippen LogP) is 2.09. The average Bonchev–Trinajstić information content (AvgIpc) is 3.28. The number of hydrogen-bond donors (Lipinski definition) is 4. The number of carbonyl (C=O) groups excluding carboxylic acids is 2. The van der Waals surface area contributed by atoms with E-state index in [-0.39, 0.29) is 24.2 Å². The minimum absolute atomic E-state index is 0.0645. The number of aliphatic carboxylic acids is 1. The fraction of sp³-hybridized carbons (Fsp3) is 0.409. The van der Waals surface area contributed by atoms with Crippen molar-refractivity contribution in [2.24, 2.45) is 17.1 Å². The van der Waals surface area contributed by atoms with E-state index in [4.69, 9.17) is 15.9 Å². The van der Waals surface area contributed by atoms with Crippen molar-refractivity contribution in [1.29, 1.82) is 5.41 Å². The maximum Gasteiger partial charge on any atom is 0.355 e. The number of amidine groups is 1. The van der Waals surface area contributed by atoms with Crippen LogP contribution < -0.4 is 20.7 Å². The van der Waals surface area contributed by atoms with Gasteiger partial charge in [0.1, 0.15) is 16.5 Å². The zero-order chi connectivity index (χ0) is 24.2. The van der Waals surface area contributed by atoms with Crippen LogP contribution in [0.2, 0.25) is 0 Å². The van der Waals surface area contributed by atoms with Crippen molar-refractivity contribution in [3.05, 3.63) is 40.9 Å². The van der Waals surface area contributed by atoms with Crippen molar-refractivity contribution >= 4 is 40.1 Å². The number of thiazole rings is 1. The standard InChI is InChI=1S/C22H27N5O5S/c1-22(2,20(30)31)12-26-18(28)14-7-9-27(10-8-14)21-25-11-16(33-21)19(29)32-15-5-3-13(4-6-15)17(23)24/h3-6,11,14H,7-10,12H2,1-2H3,(H3,23,24)(H,26,28)(H,30,31). The molecule has 176 valence electrons. The summed E-state index contributed by atoms with van der Waals surface area (Å²) in [5, 5.41) is 20.0. The summed E-state index contributed by atoms with van der Waals surface area (Å²) >= 11 is 1.22. The van der Waals surface area contributed by atoms with Crippen molar-refractivity contribution in [3.63, 3.8) is 0 Å². The number of ether oxygens (including phenoxy) is 1. The third-order valence-corrected chi connectivity index (χ3v) is 6.53. The van der Waals surface area contributed by atoms with Crippen molar-refractivity contribution in [2.45, 2.75) is 26.7 Å². The molecular weight excluding hydrogens is 446 g/mol. The van der Waals surface area contributed by atoms with Gasteiger partial charge in [-0.25, -0.2) is 9.78 Å². The second-order valence-electron chi connectivity index (χ2n) is 8.50. The normalized spacial score (nSPS) is 14.5. The van der Waals surface area contributed by atoms with Gasteiger partial charge in [-0.15, -0.1) is 0 Å². The number of amides is 1. The molecule has 3 rings (SSSR count). The smallest absolute Gasteiger partial charge is 0.355 e. The van der Waals surface area contributed by atoms with E-state index in [0.717, 1.165) is 0 Å². The Hall–Kier alpha value is -3.47. The Morgan fingerprint density at radius 3 is 2.48 bits per heavy atom. The number of nitrogens with one attached hydrogen (secondary N) is 2. The van der Waals surface area contributed by atoms with Crippen LogP contribution in [0.4, 0.5) is 5.13 Å². The molecule has 0 spiro atoms. The Bertz CT molecular complexity index is 1040. The largest absolute Gasteiger partial charge is 0.481 e. The molecule has 0 atom stereocenters. The molecule has 33 heavy (non-hydrogen) atoms. The number of hydrogen-bond acceptors (Lipinski definition) is 8. The number of rotatable bonds is 8. The molecule has 1 aromatic carbocycles. The second-order valence-corrected chi connectivity index (χ2v) is 9.51. The highest BCUT2D eigenvalue weighted by atomic mass is 32.1. The highest BCUT2D eigenvalue weighted by Crippen LogP contribution is 2.28. The first-order chi connectivity index (χ1) is 15.6. The fourth-order valence-corrected chi connectivity index (χ4v) is 4.07. The van der Waals surface area contributed by atoms with Gasteiger partial charge in [-0.1, -0.05) is 11.3 Å². The van der Waals surface area contributed by atoms with E-state index in [1.54, 1.807) is 38.1 Å². The van der Waals surface area contributed by atoms with Gasteiger partial charge in [0.05, 0.1) is 11.6 Å². The van der Waals surface area contributed by atoms with E-state index in [9.17, 15) is 19.5 Å². The van der Waals surface area contributed by atoms with Gasteiger partial charge in [0.25, 0.3) is 0 Å². The summed E-state index contributed by atoms with van der Waals surface area (Å²) in [6, 6.07) is 6.35. The Kier molecular flexibility index (Phi) is 7.32. The SMILES string of the molecule is CC(C)(CNC(=O)C1CCN(c2ncc(C(=O)Oc3ccc(C(=N)N)cc3)s2)CC1)C(=O)O. The number of piperidine rings is 1. The number of carboxylic acids is 1. The van der Waals surface area contributed by atoms with Crippen LogP contribution in [0.1, 0.15) is 41.9 Å². The topological polar surface area (TPSA) is 159 Å². The molecule has 0 bridgehead atoms. The Morgan fingerprint density at radius 2 is 1.91 bits per heavy atom. The first kappa shape index (κ1) is 24.2. The van der Waals surface area contributed by atoms with E-state index in [2.05, 4.69) is 10.3 Å². The van der Waals surface area contributed by atoms with Crippen LogP contribution in [0.5, 0.6) is 5.75 Å². The van der Waals surface area contributed by atoms with Gasteiger partial charge < -0.3 is 25.8 Å². The van der Waals surface area contributed by atoms with Crippen molar-refractivity contribution in [2.75, 3.05) is 24.5 Å². The van der Waals surface area contributed by atoms with Crippen LogP contribution in [0.25, 0.3) is 0 Å². The number of carboxylic acid groups (broad SMARTS) is 1. The summed E-state index contributed by atoms with van der Waals surface area (Å²) in [7, 11) is 0. The molecule has 5 N–H and O–H groups in total. The highest BCUT2D eigenvalue weighted by Gasteiger charge is 2.31. The second kappa shape index (κ2) is 9.99. The van der Waals surface area contributed by atoms with Gasteiger partial charge in [-0.05, 0) is 51.0 Å². The molecule has 1 amide bonds. The number of nitrogens with two attached hydrogens (primary N) is 1. The maximum atomic E-state index is 12.4. The Morgan fingerprint density at radius 1 is 1.27 bits per heavy atom. The number of nitrogen functional groups attached to an aromatic ring is 1. The van der Waals surface area contributed by atoms with E-state index in [1.165, 1.54) is 17.5 Å². The molecule has 1 fully saturated rings.